The quantitative estimate of drug-likeness (QED) is 0.119. The van der Waals surface area contributed by atoms with E-state index in [1.807, 2.05) is 0 Å². The van der Waals surface area contributed by atoms with Gasteiger partial charge in [0.2, 0.25) is 0 Å². The maximum absolute atomic E-state index is 2.50. The molecular weight excluding hydrogens is 889 g/mol. The first-order valence-corrected chi connectivity index (χ1v) is 25.8. The molecule has 16 rings (SSSR count). The molecule has 0 saturated heterocycles. The molecule has 0 radical (unpaired) electrons. The van der Waals surface area contributed by atoms with Gasteiger partial charge in [-0.1, -0.05) is 249 Å². The Balaban J connectivity index is 0.904. The largest absolute Gasteiger partial charge is 0.0616 e. The zero-order chi connectivity index (χ0) is 48.4. The first kappa shape index (κ1) is 41.0. The van der Waals surface area contributed by atoms with Gasteiger partial charge in [0.05, 0.1) is 0 Å². The molecule has 0 nitrogen and oxygen atoms in total. The van der Waals surface area contributed by atoms with Gasteiger partial charge in [-0.3, -0.25) is 0 Å². The van der Waals surface area contributed by atoms with Crippen molar-refractivity contribution in [3.63, 3.8) is 0 Å². The Morgan fingerprint density at radius 2 is 0.473 bits per heavy atom. The fourth-order valence-corrected chi connectivity index (χ4v) is 13.1. The van der Waals surface area contributed by atoms with Gasteiger partial charge < -0.3 is 0 Å². The topological polar surface area (TPSA) is 0 Å². The van der Waals surface area contributed by atoms with Crippen molar-refractivity contribution in [3.05, 3.63) is 267 Å². The van der Waals surface area contributed by atoms with Gasteiger partial charge in [0.15, 0.2) is 0 Å². The lowest BCUT2D eigenvalue weighted by atomic mass is 9.82. The van der Waals surface area contributed by atoms with Crippen molar-refractivity contribution < 1.29 is 0 Å². The van der Waals surface area contributed by atoms with Crippen LogP contribution in [0.1, 0.15) is 0 Å². The molecule has 16 aromatic rings. The highest BCUT2D eigenvalue weighted by Crippen LogP contribution is 2.50. The van der Waals surface area contributed by atoms with Crippen molar-refractivity contribution in [2.24, 2.45) is 0 Å². The summed E-state index contributed by atoms with van der Waals surface area (Å²) >= 11 is 0. The predicted octanol–water partition coefficient (Wildman–Crippen LogP) is 21.0. The van der Waals surface area contributed by atoms with Gasteiger partial charge in [-0.25, -0.2) is 0 Å². The van der Waals surface area contributed by atoms with Crippen molar-refractivity contribution in [1.29, 1.82) is 0 Å². The molecule has 0 spiro atoms. The minimum atomic E-state index is 1.20. The lowest BCUT2D eigenvalue weighted by Gasteiger charge is -2.21. The van der Waals surface area contributed by atoms with Gasteiger partial charge in [0.1, 0.15) is 0 Å². The van der Waals surface area contributed by atoms with Crippen molar-refractivity contribution in [2.45, 2.75) is 0 Å². The zero-order valence-electron chi connectivity index (χ0n) is 40.4. The zero-order valence-corrected chi connectivity index (χ0v) is 40.4. The van der Waals surface area contributed by atoms with Gasteiger partial charge in [0, 0.05) is 0 Å². The SMILES string of the molecule is c1ccc2cc(-c3c4ccccc4c(-c4ccc5ccccc5c4)c4cc(-c5c6ccccc6c(-c6ccc(-c7ccc8c9cccc%10cccc(c%11cccc7c%118)c%109)cc6)c6ccccc56)ccc34)ccc2c1. The molecule has 0 bridgehead atoms. The molecule has 0 amide bonds. The van der Waals surface area contributed by atoms with Crippen molar-refractivity contribution in [1.82, 2.24) is 0 Å². The summed E-state index contributed by atoms with van der Waals surface area (Å²) in [5, 5.41) is 25.5. The molecule has 0 saturated carbocycles. The molecule has 0 aliphatic rings. The van der Waals surface area contributed by atoms with Crippen LogP contribution in [0.15, 0.2) is 267 Å². The third-order valence-electron chi connectivity index (χ3n) is 16.3. The van der Waals surface area contributed by atoms with Gasteiger partial charge in [0.25, 0.3) is 0 Å². The van der Waals surface area contributed by atoms with Crippen LogP contribution in [0, 0.1) is 0 Å². The molecule has 0 aliphatic carbocycles. The monoisotopic (exact) mass is 932 g/mol. The van der Waals surface area contributed by atoms with Gasteiger partial charge in [-0.15, -0.1) is 0 Å². The predicted molar refractivity (Wildman–Crippen MR) is 320 cm³/mol. The van der Waals surface area contributed by atoms with Gasteiger partial charge in [-0.05, 0) is 182 Å². The van der Waals surface area contributed by atoms with Gasteiger partial charge in [-0.2, -0.15) is 0 Å². The molecule has 16 aromatic carbocycles. The lowest BCUT2D eigenvalue weighted by Crippen LogP contribution is -1.94. The summed E-state index contributed by atoms with van der Waals surface area (Å²) in [7, 11) is 0. The van der Waals surface area contributed by atoms with Crippen LogP contribution in [0.5, 0.6) is 0 Å². The summed E-state index contributed by atoms with van der Waals surface area (Å²) in [6.07, 6.45) is 0. The molecule has 0 N–H and O–H groups in total. The first-order chi connectivity index (χ1) is 36.7. The van der Waals surface area contributed by atoms with E-state index in [0.29, 0.717) is 0 Å². The van der Waals surface area contributed by atoms with Crippen LogP contribution in [0.25, 0.3) is 163 Å². The van der Waals surface area contributed by atoms with E-state index in [1.54, 1.807) is 0 Å². The standard InChI is InChI=1S/C74H44/c1-3-16-50-42-52(36-30-45(50)14-1)71-61-24-9-10-25-62(61)73(53-37-31-46-15-2-4-17-51(46)43-53)68-44-54(38-39-67(68)71)72-59-22-7-5-20-57(59)70(58-21-6-8-23-60(58)72)49-34-32-47(33-35-49)55-40-41-66-64-27-12-19-48-18-11-26-63(69(48)64)65-29-13-28-56(55)74(65)66/h1-44H. The van der Waals surface area contributed by atoms with Crippen LogP contribution in [-0.4, -0.2) is 0 Å². The Hall–Kier alpha value is -9.62. The van der Waals surface area contributed by atoms with Crippen molar-refractivity contribution in [3.8, 4) is 55.6 Å². The molecule has 340 valence electrons. The Kier molecular flexibility index (Phi) is 8.84. The summed E-state index contributed by atoms with van der Waals surface area (Å²) in [5.74, 6) is 0. The fourth-order valence-electron chi connectivity index (χ4n) is 13.1. The Morgan fingerprint density at radius 1 is 0.149 bits per heavy atom. The van der Waals surface area contributed by atoms with E-state index in [9.17, 15) is 0 Å². The normalized spacial score (nSPS) is 12.1. The van der Waals surface area contributed by atoms with E-state index in [1.165, 1.54) is 163 Å². The third-order valence-corrected chi connectivity index (χ3v) is 16.3. The molecule has 74 heavy (non-hydrogen) atoms. The van der Waals surface area contributed by atoms with Crippen LogP contribution >= 0.6 is 0 Å². The summed E-state index contributed by atoms with van der Waals surface area (Å²) in [6, 6.07) is 100. The molecule has 0 aliphatic heterocycles. The molecule has 0 aromatic heterocycles. The average Bonchev–Trinajstić information content (AvgIpc) is 3.47. The smallest absolute Gasteiger partial charge is 0.00201 e. The van der Waals surface area contributed by atoms with Crippen LogP contribution in [0.4, 0.5) is 0 Å². The highest BCUT2D eigenvalue weighted by atomic mass is 14.3. The van der Waals surface area contributed by atoms with Crippen molar-refractivity contribution >= 4 is 108 Å². The maximum Gasteiger partial charge on any atom is -0.00201 e. The van der Waals surface area contributed by atoms with E-state index >= 15 is 0 Å². The highest BCUT2D eigenvalue weighted by Gasteiger charge is 2.22. The number of benzene rings is 16. The van der Waals surface area contributed by atoms with E-state index in [-0.39, 0.29) is 0 Å². The molecule has 0 atom stereocenters. The van der Waals surface area contributed by atoms with E-state index in [0.717, 1.165) is 0 Å². The molecule has 0 fully saturated rings. The van der Waals surface area contributed by atoms with Crippen LogP contribution < -0.4 is 0 Å². The first-order valence-electron chi connectivity index (χ1n) is 25.8. The summed E-state index contributed by atoms with van der Waals surface area (Å²) in [5.41, 5.74) is 12.4. The van der Waals surface area contributed by atoms with E-state index in [2.05, 4.69) is 267 Å². The Morgan fingerprint density at radius 3 is 1.01 bits per heavy atom. The van der Waals surface area contributed by atoms with Crippen LogP contribution in [0.3, 0.4) is 0 Å². The lowest BCUT2D eigenvalue weighted by molar-refractivity contribution is 1.64. The average molecular weight is 933 g/mol. The summed E-state index contributed by atoms with van der Waals surface area (Å²) in [6.45, 7) is 0. The molecule has 0 heterocycles. The number of fused-ring (bicyclic) bond motifs is 8. The van der Waals surface area contributed by atoms with Crippen LogP contribution in [0.2, 0.25) is 0 Å². The second-order valence-corrected chi connectivity index (χ2v) is 20.2. The number of hydrogen-bond acceptors (Lipinski definition) is 0. The maximum atomic E-state index is 2.50. The molecular formula is C74H44. The van der Waals surface area contributed by atoms with Crippen molar-refractivity contribution in [2.75, 3.05) is 0 Å². The van der Waals surface area contributed by atoms with Gasteiger partial charge >= 0.3 is 0 Å². The summed E-state index contributed by atoms with van der Waals surface area (Å²) in [4.78, 5) is 0. The Labute approximate surface area is 428 Å². The summed E-state index contributed by atoms with van der Waals surface area (Å²) < 4.78 is 0. The van der Waals surface area contributed by atoms with E-state index < -0.39 is 0 Å². The minimum Gasteiger partial charge on any atom is -0.0616 e. The second kappa shape index (κ2) is 15.9. The fraction of sp³-hybridized carbons (Fsp3) is 0. The number of rotatable bonds is 5. The molecule has 0 heteroatoms. The Bertz CT molecular complexity index is 4890. The third kappa shape index (κ3) is 6.03. The second-order valence-electron chi connectivity index (χ2n) is 20.2. The highest BCUT2D eigenvalue weighted by molar-refractivity contribution is 6.34. The van der Waals surface area contributed by atoms with E-state index in [4.69, 9.17) is 0 Å². The van der Waals surface area contributed by atoms with Crippen LogP contribution in [-0.2, 0) is 0 Å². The minimum absolute atomic E-state index is 1.20. The number of hydrogen-bond donors (Lipinski definition) is 0. The molecule has 0 unspecified atom stereocenters.